The first-order valence-electron chi connectivity index (χ1n) is 6.61. The van der Waals surface area contributed by atoms with Gasteiger partial charge in [-0.15, -0.1) is 0 Å². The van der Waals surface area contributed by atoms with Crippen LogP contribution in [0.4, 0.5) is 0 Å². The second-order valence-corrected chi connectivity index (χ2v) is 4.94. The van der Waals surface area contributed by atoms with Crippen molar-refractivity contribution in [3.05, 3.63) is 17.5 Å². The molecule has 0 amide bonds. The summed E-state index contributed by atoms with van der Waals surface area (Å²) in [4.78, 5) is 0. The minimum atomic E-state index is 0.293. The first-order valence-corrected chi connectivity index (χ1v) is 6.61. The highest BCUT2D eigenvalue weighted by atomic mass is 16.5. The van der Waals surface area contributed by atoms with Gasteiger partial charge in [0.25, 0.3) is 0 Å². The van der Waals surface area contributed by atoms with Crippen LogP contribution in [-0.2, 0) is 22.6 Å². The van der Waals surface area contributed by atoms with E-state index in [0.717, 1.165) is 44.1 Å². The van der Waals surface area contributed by atoms with Crippen molar-refractivity contribution in [3.8, 4) is 0 Å². The Morgan fingerprint density at radius 2 is 2.22 bits per heavy atom. The summed E-state index contributed by atoms with van der Waals surface area (Å²) in [6.45, 7) is 7.04. The third kappa shape index (κ3) is 4.40. The van der Waals surface area contributed by atoms with Crippen LogP contribution in [0.2, 0.25) is 0 Å². The second-order valence-electron chi connectivity index (χ2n) is 4.94. The highest BCUT2D eigenvalue weighted by Crippen LogP contribution is 2.14. The summed E-state index contributed by atoms with van der Waals surface area (Å²) in [6.07, 6.45) is 2.23. The Kier molecular flexibility index (Phi) is 5.16. The van der Waals surface area contributed by atoms with Gasteiger partial charge < -0.3 is 19.3 Å². The molecule has 1 aliphatic rings. The summed E-state index contributed by atoms with van der Waals surface area (Å²) in [5.41, 5.74) is 0.925. The quantitative estimate of drug-likeness (QED) is 0.840. The van der Waals surface area contributed by atoms with Crippen LogP contribution >= 0.6 is 0 Å². The smallest absolute Gasteiger partial charge is 0.162 e. The minimum Gasteiger partial charge on any atom is -0.381 e. The maximum absolute atomic E-state index is 5.77. The van der Waals surface area contributed by atoms with Crippen LogP contribution in [0.5, 0.6) is 0 Å². The number of nitrogens with one attached hydrogen (secondary N) is 1. The van der Waals surface area contributed by atoms with E-state index in [-0.39, 0.29) is 0 Å². The van der Waals surface area contributed by atoms with E-state index < -0.39 is 0 Å². The van der Waals surface area contributed by atoms with Gasteiger partial charge in [-0.25, -0.2) is 0 Å². The van der Waals surface area contributed by atoms with Gasteiger partial charge in [-0.1, -0.05) is 19.0 Å². The fourth-order valence-corrected chi connectivity index (χ4v) is 1.86. The van der Waals surface area contributed by atoms with Crippen molar-refractivity contribution in [2.45, 2.75) is 52.0 Å². The lowest BCUT2D eigenvalue weighted by molar-refractivity contribution is -0.0443. The molecule has 0 spiro atoms. The van der Waals surface area contributed by atoms with Gasteiger partial charge in [0, 0.05) is 31.9 Å². The van der Waals surface area contributed by atoms with Gasteiger partial charge >= 0.3 is 0 Å². The second kappa shape index (κ2) is 6.87. The molecule has 0 radical (unpaired) electrons. The molecule has 2 rings (SSSR count). The van der Waals surface area contributed by atoms with E-state index in [9.17, 15) is 0 Å². The van der Waals surface area contributed by atoms with Gasteiger partial charge in [-0.2, -0.15) is 0 Å². The molecule has 0 aliphatic carbocycles. The topological polar surface area (TPSA) is 56.5 Å². The third-order valence-corrected chi connectivity index (χ3v) is 2.93. The van der Waals surface area contributed by atoms with Crippen LogP contribution in [0.3, 0.4) is 0 Å². The molecule has 0 saturated carbocycles. The molecular formula is C13H22N2O3. The van der Waals surface area contributed by atoms with Crippen molar-refractivity contribution in [2.24, 2.45) is 0 Å². The molecule has 1 aliphatic heterocycles. The number of aromatic nitrogens is 1. The average Bonchev–Trinajstić information content (AvgIpc) is 2.83. The molecule has 1 N–H and O–H groups in total. The van der Waals surface area contributed by atoms with E-state index in [0.29, 0.717) is 18.8 Å². The van der Waals surface area contributed by atoms with E-state index >= 15 is 0 Å². The number of hydrogen-bond donors (Lipinski definition) is 1. The monoisotopic (exact) mass is 254 g/mol. The summed E-state index contributed by atoms with van der Waals surface area (Å²) in [7, 11) is 0. The zero-order chi connectivity index (χ0) is 12.8. The fourth-order valence-electron chi connectivity index (χ4n) is 1.86. The van der Waals surface area contributed by atoms with Crippen molar-refractivity contribution in [2.75, 3.05) is 13.2 Å². The molecule has 2 heterocycles. The Morgan fingerprint density at radius 1 is 1.44 bits per heavy atom. The summed E-state index contributed by atoms with van der Waals surface area (Å²) < 4.78 is 16.3. The van der Waals surface area contributed by atoms with Gasteiger partial charge in [0.05, 0.1) is 11.8 Å². The van der Waals surface area contributed by atoms with Gasteiger partial charge in [0.15, 0.2) is 5.76 Å². The van der Waals surface area contributed by atoms with Crippen LogP contribution < -0.4 is 5.32 Å². The van der Waals surface area contributed by atoms with E-state index in [1.54, 1.807) is 0 Å². The molecule has 1 aromatic rings. The Bertz CT molecular complexity index is 346. The maximum atomic E-state index is 5.77. The van der Waals surface area contributed by atoms with E-state index in [4.69, 9.17) is 14.0 Å². The standard InChI is InChI=1S/C13H22N2O3/c1-10(2)14-8-11-7-13(18-15-11)9-17-12-3-5-16-6-4-12/h7,10,12,14H,3-6,8-9H2,1-2H3. The summed E-state index contributed by atoms with van der Waals surface area (Å²) in [6, 6.07) is 2.40. The van der Waals surface area contributed by atoms with Gasteiger partial charge in [-0.3, -0.25) is 0 Å². The Labute approximate surface area is 108 Å². The van der Waals surface area contributed by atoms with Crippen LogP contribution in [0.1, 0.15) is 38.1 Å². The molecule has 1 aromatic heterocycles. The maximum Gasteiger partial charge on any atom is 0.162 e. The molecule has 0 bridgehead atoms. The number of rotatable bonds is 6. The largest absolute Gasteiger partial charge is 0.381 e. The molecule has 0 atom stereocenters. The van der Waals surface area contributed by atoms with Crippen LogP contribution in [0.15, 0.2) is 10.6 Å². The average molecular weight is 254 g/mol. The SMILES string of the molecule is CC(C)NCc1cc(COC2CCOCC2)on1. The zero-order valence-corrected chi connectivity index (χ0v) is 11.1. The molecule has 5 heteroatoms. The summed E-state index contributed by atoms with van der Waals surface area (Å²) in [5.74, 6) is 0.794. The van der Waals surface area contributed by atoms with Crippen molar-refractivity contribution in [1.29, 1.82) is 0 Å². The fraction of sp³-hybridized carbons (Fsp3) is 0.769. The lowest BCUT2D eigenvalue weighted by atomic mass is 10.1. The molecule has 102 valence electrons. The van der Waals surface area contributed by atoms with Crippen molar-refractivity contribution >= 4 is 0 Å². The van der Waals surface area contributed by atoms with Gasteiger partial charge in [-0.05, 0) is 12.8 Å². The Balaban J connectivity index is 1.72. The number of hydrogen-bond acceptors (Lipinski definition) is 5. The van der Waals surface area contributed by atoms with Crippen molar-refractivity contribution in [1.82, 2.24) is 10.5 Å². The van der Waals surface area contributed by atoms with Crippen molar-refractivity contribution < 1.29 is 14.0 Å². The molecular weight excluding hydrogens is 232 g/mol. The van der Waals surface area contributed by atoms with Gasteiger partial charge in [0.1, 0.15) is 6.61 Å². The summed E-state index contributed by atoms with van der Waals surface area (Å²) >= 11 is 0. The molecule has 0 unspecified atom stereocenters. The lowest BCUT2D eigenvalue weighted by Gasteiger charge is -2.21. The van der Waals surface area contributed by atoms with E-state index in [1.165, 1.54) is 0 Å². The number of nitrogens with zero attached hydrogens (tertiary/aromatic N) is 1. The number of ether oxygens (including phenoxy) is 2. The summed E-state index contributed by atoms with van der Waals surface area (Å²) in [5, 5.41) is 7.31. The predicted octanol–water partition coefficient (Wildman–Crippen LogP) is 1.87. The Morgan fingerprint density at radius 3 is 2.94 bits per heavy atom. The van der Waals surface area contributed by atoms with Crippen molar-refractivity contribution in [3.63, 3.8) is 0 Å². The highest BCUT2D eigenvalue weighted by Gasteiger charge is 2.15. The van der Waals surface area contributed by atoms with Gasteiger partial charge in [0.2, 0.25) is 0 Å². The van der Waals surface area contributed by atoms with Crippen LogP contribution in [0.25, 0.3) is 0 Å². The normalized spacial score (nSPS) is 17.5. The van der Waals surface area contributed by atoms with E-state index in [2.05, 4.69) is 24.3 Å². The lowest BCUT2D eigenvalue weighted by Crippen LogP contribution is -2.23. The first-order chi connectivity index (χ1) is 8.74. The molecule has 0 aromatic carbocycles. The molecule has 1 saturated heterocycles. The van der Waals surface area contributed by atoms with Crippen LogP contribution in [-0.4, -0.2) is 30.5 Å². The Hall–Kier alpha value is -0.910. The molecule has 18 heavy (non-hydrogen) atoms. The molecule has 1 fully saturated rings. The highest BCUT2D eigenvalue weighted by molar-refractivity contribution is 5.04. The van der Waals surface area contributed by atoms with Crippen LogP contribution in [0, 0.1) is 0 Å². The minimum absolute atomic E-state index is 0.293. The zero-order valence-electron chi connectivity index (χ0n) is 11.1. The first kappa shape index (κ1) is 13.5. The van der Waals surface area contributed by atoms with E-state index in [1.807, 2.05) is 6.07 Å². The third-order valence-electron chi connectivity index (χ3n) is 2.93. The predicted molar refractivity (Wildman–Crippen MR) is 67.1 cm³/mol. The molecule has 5 nitrogen and oxygen atoms in total.